The zero-order valence-electron chi connectivity index (χ0n) is 10.2. The molecule has 0 saturated heterocycles. The van der Waals surface area contributed by atoms with Gasteiger partial charge in [-0.2, -0.15) is 0 Å². The van der Waals surface area contributed by atoms with E-state index in [4.69, 9.17) is 4.74 Å². The fourth-order valence-corrected chi connectivity index (χ4v) is 2.53. The molecule has 0 radical (unpaired) electrons. The van der Waals surface area contributed by atoms with Gasteiger partial charge in [0.05, 0.1) is 7.11 Å². The summed E-state index contributed by atoms with van der Waals surface area (Å²) in [5.74, 6) is 0.885. The van der Waals surface area contributed by atoms with E-state index in [1.165, 1.54) is 9.75 Å². The van der Waals surface area contributed by atoms with E-state index >= 15 is 0 Å². The fraction of sp³-hybridized carbons (Fsp3) is 0.286. The molecule has 0 saturated carbocycles. The average molecular weight is 247 g/mol. The van der Waals surface area contributed by atoms with Crippen molar-refractivity contribution in [3.63, 3.8) is 0 Å². The molecule has 90 valence electrons. The molecule has 2 nitrogen and oxygen atoms in total. The van der Waals surface area contributed by atoms with Crippen molar-refractivity contribution in [2.75, 3.05) is 12.4 Å². The van der Waals surface area contributed by atoms with Crippen LogP contribution >= 0.6 is 11.3 Å². The van der Waals surface area contributed by atoms with E-state index in [0.717, 1.165) is 24.4 Å². The molecule has 1 N–H and O–H groups in total. The highest BCUT2D eigenvalue weighted by atomic mass is 32.1. The number of hydrogen-bond acceptors (Lipinski definition) is 3. The number of benzene rings is 1. The van der Waals surface area contributed by atoms with Gasteiger partial charge in [-0.15, -0.1) is 11.3 Å². The largest absolute Gasteiger partial charge is 0.497 e. The number of methoxy groups -OCH3 is 1. The van der Waals surface area contributed by atoms with Crippen molar-refractivity contribution in [1.29, 1.82) is 0 Å². The minimum atomic E-state index is 0.873. The highest BCUT2D eigenvalue weighted by molar-refractivity contribution is 7.12. The van der Waals surface area contributed by atoms with Gasteiger partial charge in [0.15, 0.2) is 0 Å². The maximum absolute atomic E-state index is 5.19. The first-order chi connectivity index (χ1) is 8.31. The first kappa shape index (κ1) is 12.0. The predicted octanol–water partition coefficient (Wildman–Crippen LogP) is 3.93. The molecule has 0 bridgehead atoms. The summed E-state index contributed by atoms with van der Waals surface area (Å²) < 4.78 is 5.19. The van der Waals surface area contributed by atoms with Crippen LogP contribution in [0.2, 0.25) is 0 Å². The van der Waals surface area contributed by atoms with Gasteiger partial charge < -0.3 is 10.1 Å². The van der Waals surface area contributed by atoms with Crippen molar-refractivity contribution in [1.82, 2.24) is 0 Å². The van der Waals surface area contributed by atoms with Crippen LogP contribution in [0, 0.1) is 0 Å². The molecule has 1 aromatic carbocycles. The Balaban J connectivity index is 1.96. The quantitative estimate of drug-likeness (QED) is 0.864. The van der Waals surface area contributed by atoms with Crippen LogP contribution in [0.5, 0.6) is 5.75 Å². The number of ether oxygens (including phenoxy) is 1. The second kappa shape index (κ2) is 5.73. The Bertz CT molecular complexity index is 479. The Morgan fingerprint density at radius 1 is 1.18 bits per heavy atom. The highest BCUT2D eigenvalue weighted by Gasteiger charge is 1.99. The van der Waals surface area contributed by atoms with Crippen molar-refractivity contribution >= 4 is 17.0 Å². The molecule has 2 aromatic rings. The molecule has 0 aliphatic carbocycles. The third kappa shape index (κ3) is 3.24. The van der Waals surface area contributed by atoms with Crippen molar-refractivity contribution < 1.29 is 4.74 Å². The van der Waals surface area contributed by atoms with Gasteiger partial charge in [0.2, 0.25) is 0 Å². The Hall–Kier alpha value is -1.48. The Kier molecular flexibility index (Phi) is 4.04. The van der Waals surface area contributed by atoms with Gasteiger partial charge in [0.25, 0.3) is 0 Å². The summed E-state index contributed by atoms with van der Waals surface area (Å²) in [5, 5.41) is 3.40. The summed E-state index contributed by atoms with van der Waals surface area (Å²) in [7, 11) is 1.69. The van der Waals surface area contributed by atoms with Crippen LogP contribution in [-0.4, -0.2) is 7.11 Å². The maximum atomic E-state index is 5.19. The van der Waals surface area contributed by atoms with Crippen molar-refractivity contribution in [3.05, 3.63) is 46.2 Å². The number of rotatable bonds is 5. The van der Waals surface area contributed by atoms with Crippen LogP contribution in [0.3, 0.4) is 0 Å². The van der Waals surface area contributed by atoms with Gasteiger partial charge in [0.1, 0.15) is 5.75 Å². The first-order valence-electron chi connectivity index (χ1n) is 5.77. The van der Waals surface area contributed by atoms with Crippen LogP contribution in [0.25, 0.3) is 0 Å². The number of anilines is 1. The first-order valence-corrected chi connectivity index (χ1v) is 6.59. The van der Waals surface area contributed by atoms with Crippen LogP contribution in [-0.2, 0) is 13.0 Å². The zero-order chi connectivity index (χ0) is 12.1. The lowest BCUT2D eigenvalue weighted by Crippen LogP contribution is -1.97. The molecule has 0 spiro atoms. The lowest BCUT2D eigenvalue weighted by molar-refractivity contribution is 0.415. The molecule has 0 amide bonds. The number of aryl methyl sites for hydroxylation is 1. The van der Waals surface area contributed by atoms with E-state index in [-0.39, 0.29) is 0 Å². The molecule has 2 rings (SSSR count). The lowest BCUT2D eigenvalue weighted by atomic mass is 10.3. The third-order valence-electron chi connectivity index (χ3n) is 2.60. The topological polar surface area (TPSA) is 21.3 Å². The van der Waals surface area contributed by atoms with Gasteiger partial charge in [-0.3, -0.25) is 0 Å². The molecular formula is C14H17NOS. The molecule has 1 aromatic heterocycles. The maximum Gasteiger partial charge on any atom is 0.120 e. The summed E-state index contributed by atoms with van der Waals surface area (Å²) in [6.07, 6.45) is 1.11. The fourth-order valence-electron chi connectivity index (χ4n) is 1.63. The van der Waals surface area contributed by atoms with Gasteiger partial charge in [-0.25, -0.2) is 0 Å². The van der Waals surface area contributed by atoms with E-state index in [1.807, 2.05) is 29.5 Å². The molecule has 0 aliphatic heterocycles. The summed E-state index contributed by atoms with van der Waals surface area (Å²) >= 11 is 1.87. The molecular weight excluding hydrogens is 230 g/mol. The minimum Gasteiger partial charge on any atom is -0.497 e. The molecule has 3 heteroatoms. The predicted molar refractivity (Wildman–Crippen MR) is 74.0 cm³/mol. The van der Waals surface area contributed by atoms with Crippen LogP contribution in [0.1, 0.15) is 16.7 Å². The Labute approximate surface area is 106 Å². The molecule has 1 heterocycles. The Morgan fingerprint density at radius 3 is 2.71 bits per heavy atom. The van der Waals surface area contributed by atoms with Crippen LogP contribution in [0.4, 0.5) is 5.69 Å². The average Bonchev–Trinajstić information content (AvgIpc) is 2.84. The molecule has 0 fully saturated rings. The Morgan fingerprint density at radius 2 is 2.00 bits per heavy atom. The summed E-state index contributed by atoms with van der Waals surface area (Å²) in [6.45, 7) is 3.06. The summed E-state index contributed by atoms with van der Waals surface area (Å²) in [5.41, 5.74) is 1.09. The van der Waals surface area contributed by atoms with Gasteiger partial charge >= 0.3 is 0 Å². The molecule has 17 heavy (non-hydrogen) atoms. The minimum absolute atomic E-state index is 0.873. The van der Waals surface area contributed by atoms with E-state index < -0.39 is 0 Å². The molecule has 0 unspecified atom stereocenters. The van der Waals surface area contributed by atoms with Gasteiger partial charge in [0, 0.05) is 28.1 Å². The lowest BCUT2D eigenvalue weighted by Gasteiger charge is -2.06. The second-order valence-corrected chi connectivity index (χ2v) is 5.06. The monoisotopic (exact) mass is 247 g/mol. The number of nitrogens with one attached hydrogen (secondary N) is 1. The second-order valence-electron chi connectivity index (χ2n) is 3.81. The van der Waals surface area contributed by atoms with E-state index in [0.29, 0.717) is 0 Å². The van der Waals surface area contributed by atoms with E-state index in [1.54, 1.807) is 7.11 Å². The summed E-state index contributed by atoms with van der Waals surface area (Å²) in [6, 6.07) is 12.4. The normalized spacial score (nSPS) is 10.2. The van der Waals surface area contributed by atoms with E-state index in [9.17, 15) is 0 Å². The van der Waals surface area contributed by atoms with Gasteiger partial charge in [-0.1, -0.05) is 13.0 Å². The van der Waals surface area contributed by atoms with Gasteiger partial charge in [-0.05, 0) is 30.7 Å². The molecule has 0 aliphatic rings. The third-order valence-corrected chi connectivity index (χ3v) is 3.83. The van der Waals surface area contributed by atoms with Crippen molar-refractivity contribution in [2.45, 2.75) is 19.9 Å². The molecule has 0 atom stereocenters. The smallest absolute Gasteiger partial charge is 0.120 e. The number of hydrogen-bond donors (Lipinski definition) is 1. The number of thiophene rings is 1. The SMILES string of the molecule is CCc1ccc(CNc2cccc(OC)c2)s1. The van der Waals surface area contributed by atoms with E-state index in [2.05, 4.69) is 30.4 Å². The highest BCUT2D eigenvalue weighted by Crippen LogP contribution is 2.20. The van der Waals surface area contributed by atoms with Crippen molar-refractivity contribution in [3.8, 4) is 5.75 Å². The van der Waals surface area contributed by atoms with Crippen molar-refractivity contribution in [2.24, 2.45) is 0 Å². The van der Waals surface area contributed by atoms with Crippen LogP contribution in [0.15, 0.2) is 36.4 Å². The summed E-state index contributed by atoms with van der Waals surface area (Å²) in [4.78, 5) is 2.80. The zero-order valence-corrected chi connectivity index (χ0v) is 11.0. The van der Waals surface area contributed by atoms with Crippen LogP contribution < -0.4 is 10.1 Å². The standard InChI is InChI=1S/C14H17NOS/c1-3-13-7-8-14(17-13)10-15-11-5-4-6-12(9-11)16-2/h4-9,15H,3,10H2,1-2H3.